The highest BCUT2D eigenvalue weighted by Crippen LogP contribution is 2.33. The van der Waals surface area contributed by atoms with Gasteiger partial charge in [0.25, 0.3) is 0 Å². The first-order valence-corrected chi connectivity index (χ1v) is 5.78. The Morgan fingerprint density at radius 2 is 1.82 bits per heavy atom. The molecule has 0 saturated carbocycles. The lowest BCUT2D eigenvalue weighted by Crippen LogP contribution is -2.43. The number of benzene rings is 1. The van der Waals surface area contributed by atoms with Gasteiger partial charge in [-0.1, -0.05) is 31.2 Å². The van der Waals surface area contributed by atoms with E-state index in [1.165, 1.54) is 5.56 Å². The number of hydrogen-bond acceptors (Lipinski definition) is 2. The molecule has 17 heavy (non-hydrogen) atoms. The number of aliphatic carboxylic acids is 1. The first kappa shape index (κ1) is 12.1. The van der Waals surface area contributed by atoms with Gasteiger partial charge in [0, 0.05) is 5.41 Å². The van der Waals surface area contributed by atoms with E-state index in [1.807, 2.05) is 24.3 Å². The van der Waals surface area contributed by atoms with E-state index in [4.69, 9.17) is 9.84 Å². The highest BCUT2D eigenvalue weighted by Gasteiger charge is 2.36. The third kappa shape index (κ3) is 1.95. The van der Waals surface area contributed by atoms with Gasteiger partial charge in [0.15, 0.2) is 0 Å². The number of carboxylic acid groups (broad SMARTS) is 1. The summed E-state index contributed by atoms with van der Waals surface area (Å²) in [6.45, 7) is 7.09. The molecule has 0 bridgehead atoms. The van der Waals surface area contributed by atoms with Gasteiger partial charge in [0.05, 0.1) is 18.6 Å². The largest absolute Gasteiger partial charge is 0.481 e. The summed E-state index contributed by atoms with van der Waals surface area (Å²) in [5.41, 5.74) is 1.31. The van der Waals surface area contributed by atoms with E-state index in [0.717, 1.165) is 18.8 Å². The number of hydrogen-bond donors (Lipinski definition) is 1. The molecule has 1 aromatic rings. The van der Waals surface area contributed by atoms with Crippen molar-refractivity contribution in [3.05, 3.63) is 35.4 Å². The molecular formula is C14H18O3. The Balaban J connectivity index is 2.27. The zero-order valence-electron chi connectivity index (χ0n) is 10.5. The maximum Gasteiger partial charge on any atom is 0.313 e. The predicted octanol–water partition coefficient (Wildman–Crippen LogP) is 2.34. The molecule has 0 spiro atoms. The SMILES string of the molecule is CC1(c2ccc(C(C)(C)C(=O)O)cc2)COC1. The quantitative estimate of drug-likeness (QED) is 0.873. The molecule has 92 valence electrons. The van der Waals surface area contributed by atoms with Crippen molar-refractivity contribution in [2.75, 3.05) is 13.2 Å². The average Bonchev–Trinajstić information content (AvgIpc) is 2.26. The maximum absolute atomic E-state index is 11.2. The van der Waals surface area contributed by atoms with Crippen LogP contribution < -0.4 is 0 Å². The van der Waals surface area contributed by atoms with Crippen LogP contribution in [0.2, 0.25) is 0 Å². The fourth-order valence-corrected chi connectivity index (χ4v) is 1.99. The third-order valence-electron chi connectivity index (χ3n) is 3.68. The second kappa shape index (κ2) is 3.84. The summed E-state index contributed by atoms with van der Waals surface area (Å²) in [6, 6.07) is 7.85. The van der Waals surface area contributed by atoms with Gasteiger partial charge in [-0.25, -0.2) is 0 Å². The van der Waals surface area contributed by atoms with Gasteiger partial charge in [-0.15, -0.1) is 0 Å². The molecule has 1 aliphatic rings. The Hall–Kier alpha value is -1.35. The Bertz CT molecular complexity index is 427. The van der Waals surface area contributed by atoms with E-state index in [0.29, 0.717) is 0 Å². The van der Waals surface area contributed by atoms with Crippen LogP contribution in [-0.2, 0) is 20.4 Å². The van der Waals surface area contributed by atoms with Gasteiger partial charge in [-0.3, -0.25) is 4.79 Å². The summed E-state index contributed by atoms with van der Waals surface area (Å²) in [6.07, 6.45) is 0. The average molecular weight is 234 g/mol. The highest BCUT2D eigenvalue weighted by molar-refractivity contribution is 5.80. The third-order valence-corrected chi connectivity index (χ3v) is 3.68. The minimum atomic E-state index is -0.838. The van der Waals surface area contributed by atoms with Crippen LogP contribution >= 0.6 is 0 Å². The van der Waals surface area contributed by atoms with E-state index in [1.54, 1.807) is 13.8 Å². The van der Waals surface area contributed by atoms with Crippen LogP contribution in [0.4, 0.5) is 0 Å². The second-order valence-corrected chi connectivity index (χ2v) is 5.56. The summed E-state index contributed by atoms with van der Waals surface area (Å²) in [7, 11) is 0. The Morgan fingerprint density at radius 1 is 1.29 bits per heavy atom. The first-order chi connectivity index (χ1) is 7.86. The monoisotopic (exact) mass is 234 g/mol. The van der Waals surface area contributed by atoms with Gasteiger partial charge in [-0.2, -0.15) is 0 Å². The van der Waals surface area contributed by atoms with Crippen molar-refractivity contribution in [3.63, 3.8) is 0 Å². The normalized spacial score (nSPS) is 18.5. The molecule has 0 radical (unpaired) electrons. The van der Waals surface area contributed by atoms with Crippen molar-refractivity contribution in [1.82, 2.24) is 0 Å². The van der Waals surface area contributed by atoms with E-state index in [-0.39, 0.29) is 5.41 Å². The number of ether oxygens (including phenoxy) is 1. The molecule has 1 N–H and O–H groups in total. The minimum absolute atomic E-state index is 0.103. The molecule has 1 aromatic carbocycles. The van der Waals surface area contributed by atoms with Gasteiger partial charge in [-0.05, 0) is 25.0 Å². The van der Waals surface area contributed by atoms with Crippen molar-refractivity contribution in [2.45, 2.75) is 31.6 Å². The maximum atomic E-state index is 11.2. The first-order valence-electron chi connectivity index (χ1n) is 5.78. The van der Waals surface area contributed by atoms with Crippen molar-refractivity contribution in [3.8, 4) is 0 Å². The molecule has 3 heteroatoms. The molecule has 0 atom stereocenters. The van der Waals surface area contributed by atoms with Crippen LogP contribution in [-0.4, -0.2) is 24.3 Å². The van der Waals surface area contributed by atoms with Crippen LogP contribution in [0.5, 0.6) is 0 Å². The van der Waals surface area contributed by atoms with Gasteiger partial charge in [0.1, 0.15) is 0 Å². The topological polar surface area (TPSA) is 46.5 Å². The molecule has 1 saturated heterocycles. The summed E-state index contributed by atoms with van der Waals surface area (Å²) in [5.74, 6) is -0.802. The van der Waals surface area contributed by atoms with E-state index in [9.17, 15) is 4.79 Å². The van der Waals surface area contributed by atoms with E-state index in [2.05, 4.69) is 6.92 Å². The van der Waals surface area contributed by atoms with Gasteiger partial charge >= 0.3 is 5.97 Å². The van der Waals surface area contributed by atoms with E-state index < -0.39 is 11.4 Å². The molecule has 1 fully saturated rings. The molecule has 0 unspecified atom stereocenters. The Labute approximate surface area is 101 Å². The van der Waals surface area contributed by atoms with E-state index >= 15 is 0 Å². The Kier molecular flexibility index (Phi) is 2.74. The van der Waals surface area contributed by atoms with Crippen LogP contribution in [0.3, 0.4) is 0 Å². The lowest BCUT2D eigenvalue weighted by atomic mass is 9.78. The highest BCUT2D eigenvalue weighted by atomic mass is 16.5. The number of carbonyl (C=O) groups is 1. The zero-order chi connectivity index (χ0) is 12.7. The second-order valence-electron chi connectivity index (χ2n) is 5.56. The van der Waals surface area contributed by atoms with Crippen LogP contribution in [0, 0.1) is 0 Å². The van der Waals surface area contributed by atoms with Gasteiger partial charge in [0.2, 0.25) is 0 Å². The molecule has 3 nitrogen and oxygen atoms in total. The van der Waals surface area contributed by atoms with Crippen LogP contribution in [0.1, 0.15) is 31.9 Å². The molecule has 2 rings (SSSR count). The molecule has 0 aromatic heterocycles. The fraction of sp³-hybridized carbons (Fsp3) is 0.500. The molecule has 0 amide bonds. The lowest BCUT2D eigenvalue weighted by Gasteiger charge is -2.38. The summed E-state index contributed by atoms with van der Waals surface area (Å²) < 4.78 is 5.23. The van der Waals surface area contributed by atoms with Crippen molar-refractivity contribution in [1.29, 1.82) is 0 Å². The van der Waals surface area contributed by atoms with Crippen LogP contribution in [0.15, 0.2) is 24.3 Å². The van der Waals surface area contributed by atoms with Crippen molar-refractivity contribution < 1.29 is 14.6 Å². The molecule has 1 heterocycles. The Morgan fingerprint density at radius 3 is 2.18 bits per heavy atom. The molecule has 1 aliphatic heterocycles. The van der Waals surface area contributed by atoms with Crippen molar-refractivity contribution in [2.24, 2.45) is 0 Å². The number of rotatable bonds is 3. The fourth-order valence-electron chi connectivity index (χ4n) is 1.99. The lowest BCUT2D eigenvalue weighted by molar-refractivity contribution is -0.142. The van der Waals surface area contributed by atoms with Gasteiger partial charge < -0.3 is 9.84 Å². The minimum Gasteiger partial charge on any atom is -0.481 e. The number of carboxylic acids is 1. The van der Waals surface area contributed by atoms with Crippen LogP contribution in [0.25, 0.3) is 0 Å². The standard InChI is InChI=1S/C14H18O3/c1-13(2,12(15)16)10-4-6-11(7-5-10)14(3)8-17-9-14/h4-7H,8-9H2,1-3H3,(H,15,16). The molecule has 0 aliphatic carbocycles. The predicted molar refractivity (Wildman–Crippen MR) is 65.3 cm³/mol. The molecular weight excluding hydrogens is 216 g/mol. The zero-order valence-corrected chi connectivity index (χ0v) is 10.5. The van der Waals surface area contributed by atoms with Crippen molar-refractivity contribution >= 4 is 5.97 Å². The summed E-state index contributed by atoms with van der Waals surface area (Å²) in [5, 5.41) is 9.16. The summed E-state index contributed by atoms with van der Waals surface area (Å²) in [4.78, 5) is 11.2. The summed E-state index contributed by atoms with van der Waals surface area (Å²) >= 11 is 0. The smallest absolute Gasteiger partial charge is 0.313 e.